The van der Waals surface area contributed by atoms with Crippen LogP contribution >= 0.6 is 0 Å². The van der Waals surface area contributed by atoms with Crippen LogP contribution in [-0.4, -0.2) is 43.3 Å². The summed E-state index contributed by atoms with van der Waals surface area (Å²) >= 11 is 0. The lowest BCUT2D eigenvalue weighted by molar-refractivity contribution is -0.119. The van der Waals surface area contributed by atoms with E-state index in [1.54, 1.807) is 0 Å². The van der Waals surface area contributed by atoms with Crippen molar-refractivity contribution >= 4 is 23.3 Å². The number of aromatic hydroxyl groups is 1. The fourth-order valence-corrected chi connectivity index (χ4v) is 2.54. The number of fused-ring (bicyclic) bond motifs is 1. The third kappa shape index (κ3) is 3.98. The van der Waals surface area contributed by atoms with Crippen molar-refractivity contribution in [1.82, 2.24) is 0 Å². The van der Waals surface area contributed by atoms with Gasteiger partial charge in [-0.15, -0.1) is 0 Å². The Morgan fingerprint density at radius 3 is 2.46 bits per heavy atom. The number of carbonyl (C=O) groups is 3. The second kappa shape index (κ2) is 7.87. The van der Waals surface area contributed by atoms with Crippen molar-refractivity contribution in [3.05, 3.63) is 41.5 Å². The summed E-state index contributed by atoms with van der Waals surface area (Å²) < 4.78 is 20.3. The molecule has 1 aliphatic heterocycles. The zero-order valence-corrected chi connectivity index (χ0v) is 15.1. The molecule has 0 atom stereocenters. The third-order valence-electron chi connectivity index (χ3n) is 3.93. The van der Waals surface area contributed by atoms with E-state index in [1.807, 2.05) is 0 Å². The number of ketones is 1. The van der Waals surface area contributed by atoms with Crippen LogP contribution in [0.1, 0.15) is 27.6 Å². The van der Waals surface area contributed by atoms with Gasteiger partial charge >= 0.3 is 5.97 Å². The first-order chi connectivity index (χ1) is 13.4. The summed E-state index contributed by atoms with van der Waals surface area (Å²) in [4.78, 5) is 36.0. The number of hydrogen-bond acceptors (Lipinski definition) is 8. The number of rotatable bonds is 6. The van der Waals surface area contributed by atoms with E-state index in [9.17, 15) is 19.5 Å². The van der Waals surface area contributed by atoms with E-state index in [2.05, 4.69) is 5.32 Å². The Morgan fingerprint density at radius 2 is 1.82 bits per heavy atom. The summed E-state index contributed by atoms with van der Waals surface area (Å²) in [6.07, 6.45) is 0. The largest absolute Gasteiger partial charge is 0.507 e. The Hall–Kier alpha value is -3.75. The third-order valence-corrected chi connectivity index (χ3v) is 3.93. The molecule has 0 aliphatic carbocycles. The molecule has 1 amide bonds. The van der Waals surface area contributed by atoms with Crippen molar-refractivity contribution in [2.75, 3.05) is 25.8 Å². The van der Waals surface area contributed by atoms with Crippen molar-refractivity contribution < 1.29 is 38.4 Å². The molecule has 0 aromatic heterocycles. The Bertz CT molecular complexity index is 953. The van der Waals surface area contributed by atoms with Crippen LogP contribution in [-0.2, 0) is 9.53 Å². The van der Waals surface area contributed by atoms with E-state index in [0.717, 1.165) is 0 Å². The number of methoxy groups -OCH3 is 1. The number of nitrogens with one attached hydrogen (secondary N) is 1. The standard InChI is InChI=1S/C19H17NO8/c1-10(21)13-6-16-17(28-9-27-16)7-14(13)20-18(23)8-26-19(24)12-4-3-11(25-2)5-15(12)22/h3-7,22H,8-9H2,1-2H3,(H,20,23). The van der Waals surface area contributed by atoms with E-state index < -0.39 is 18.5 Å². The minimum atomic E-state index is -0.882. The second-order valence-electron chi connectivity index (χ2n) is 5.81. The fourth-order valence-electron chi connectivity index (χ4n) is 2.54. The minimum Gasteiger partial charge on any atom is -0.507 e. The van der Waals surface area contributed by atoms with Crippen LogP contribution < -0.4 is 19.5 Å². The number of esters is 1. The maximum atomic E-state index is 12.2. The Morgan fingerprint density at radius 1 is 1.11 bits per heavy atom. The molecular formula is C19H17NO8. The predicted octanol–water partition coefficient (Wildman–Crippen LogP) is 2.13. The molecule has 0 radical (unpaired) electrons. The molecule has 2 N–H and O–H groups in total. The monoisotopic (exact) mass is 387 g/mol. The van der Waals surface area contributed by atoms with Gasteiger partial charge in [0.25, 0.3) is 5.91 Å². The highest BCUT2D eigenvalue weighted by Crippen LogP contribution is 2.37. The molecule has 28 heavy (non-hydrogen) atoms. The molecule has 2 aromatic carbocycles. The molecular weight excluding hydrogens is 370 g/mol. The van der Waals surface area contributed by atoms with Gasteiger partial charge < -0.3 is 29.4 Å². The normalized spacial score (nSPS) is 11.6. The zero-order valence-electron chi connectivity index (χ0n) is 15.1. The van der Waals surface area contributed by atoms with Gasteiger partial charge in [-0.1, -0.05) is 0 Å². The van der Waals surface area contributed by atoms with Crippen LogP contribution in [0.4, 0.5) is 5.69 Å². The molecule has 0 fully saturated rings. The fraction of sp³-hybridized carbons (Fsp3) is 0.211. The molecule has 0 spiro atoms. The molecule has 3 rings (SSSR count). The van der Waals surface area contributed by atoms with Crippen LogP contribution in [0.25, 0.3) is 0 Å². The molecule has 0 saturated carbocycles. The zero-order chi connectivity index (χ0) is 20.3. The summed E-state index contributed by atoms with van der Waals surface area (Å²) in [5.41, 5.74) is 0.336. The Kier molecular flexibility index (Phi) is 5.35. The number of anilines is 1. The van der Waals surface area contributed by atoms with Crippen LogP contribution in [0.2, 0.25) is 0 Å². The summed E-state index contributed by atoms with van der Waals surface area (Å²) in [6, 6.07) is 6.99. The summed E-state index contributed by atoms with van der Waals surface area (Å²) in [6.45, 7) is 0.753. The summed E-state index contributed by atoms with van der Waals surface area (Å²) in [5.74, 6) is -1.000. The first-order valence-corrected chi connectivity index (χ1v) is 8.17. The van der Waals surface area contributed by atoms with Crippen LogP contribution in [0, 0.1) is 0 Å². The maximum absolute atomic E-state index is 12.2. The highest BCUT2D eigenvalue weighted by molar-refractivity contribution is 6.05. The number of Topliss-reactive ketones (excluding diaryl/α,β-unsaturated/α-hetero) is 1. The van der Waals surface area contributed by atoms with Crippen molar-refractivity contribution in [3.63, 3.8) is 0 Å². The summed E-state index contributed by atoms with van der Waals surface area (Å²) in [5, 5.41) is 12.3. The maximum Gasteiger partial charge on any atom is 0.342 e. The predicted molar refractivity (Wildman–Crippen MR) is 96.1 cm³/mol. The molecule has 9 nitrogen and oxygen atoms in total. The molecule has 0 saturated heterocycles. The van der Waals surface area contributed by atoms with Gasteiger partial charge in [-0.05, 0) is 25.1 Å². The van der Waals surface area contributed by atoms with Crippen molar-refractivity contribution in [2.24, 2.45) is 0 Å². The van der Waals surface area contributed by atoms with E-state index in [4.69, 9.17) is 18.9 Å². The molecule has 1 heterocycles. The van der Waals surface area contributed by atoms with Gasteiger partial charge in [0.05, 0.1) is 12.8 Å². The highest BCUT2D eigenvalue weighted by Gasteiger charge is 2.21. The van der Waals surface area contributed by atoms with Gasteiger partial charge in [0.15, 0.2) is 23.9 Å². The van der Waals surface area contributed by atoms with E-state index in [0.29, 0.717) is 17.2 Å². The topological polar surface area (TPSA) is 120 Å². The molecule has 9 heteroatoms. The SMILES string of the molecule is COc1ccc(C(=O)OCC(=O)Nc2cc3c(cc2C(C)=O)OCO3)c(O)c1. The number of hydrogen-bond donors (Lipinski definition) is 2. The first-order valence-electron chi connectivity index (χ1n) is 8.17. The molecule has 0 unspecified atom stereocenters. The van der Waals surface area contributed by atoms with Gasteiger partial charge in [0, 0.05) is 17.7 Å². The van der Waals surface area contributed by atoms with Gasteiger partial charge in [-0.25, -0.2) is 4.79 Å². The smallest absolute Gasteiger partial charge is 0.342 e. The second-order valence-corrected chi connectivity index (χ2v) is 5.81. The Labute approximate surface area is 159 Å². The van der Waals surface area contributed by atoms with Gasteiger partial charge in [0.2, 0.25) is 6.79 Å². The van der Waals surface area contributed by atoms with E-state index in [1.165, 1.54) is 44.4 Å². The van der Waals surface area contributed by atoms with Crippen LogP contribution in [0.3, 0.4) is 0 Å². The number of ether oxygens (including phenoxy) is 4. The van der Waals surface area contributed by atoms with Crippen molar-refractivity contribution in [1.29, 1.82) is 0 Å². The van der Waals surface area contributed by atoms with Crippen LogP contribution in [0.15, 0.2) is 30.3 Å². The number of phenolic OH excluding ortho intramolecular Hbond substituents is 1. The van der Waals surface area contributed by atoms with E-state index in [-0.39, 0.29) is 35.1 Å². The minimum absolute atomic E-state index is 0.0209. The number of carbonyl (C=O) groups excluding carboxylic acids is 3. The lowest BCUT2D eigenvalue weighted by atomic mass is 10.1. The number of amides is 1. The lowest BCUT2D eigenvalue weighted by Gasteiger charge is -2.11. The average molecular weight is 387 g/mol. The van der Waals surface area contributed by atoms with Crippen molar-refractivity contribution in [2.45, 2.75) is 6.92 Å². The van der Waals surface area contributed by atoms with Gasteiger partial charge in [-0.3, -0.25) is 9.59 Å². The molecule has 0 bridgehead atoms. The lowest BCUT2D eigenvalue weighted by Crippen LogP contribution is -2.22. The summed E-state index contributed by atoms with van der Waals surface area (Å²) in [7, 11) is 1.42. The van der Waals surface area contributed by atoms with Crippen LogP contribution in [0.5, 0.6) is 23.0 Å². The first kappa shape index (κ1) is 19.0. The molecule has 146 valence electrons. The highest BCUT2D eigenvalue weighted by atomic mass is 16.7. The average Bonchev–Trinajstić information content (AvgIpc) is 3.12. The molecule has 2 aromatic rings. The van der Waals surface area contributed by atoms with E-state index >= 15 is 0 Å². The van der Waals surface area contributed by atoms with Gasteiger partial charge in [-0.2, -0.15) is 0 Å². The van der Waals surface area contributed by atoms with Crippen molar-refractivity contribution in [3.8, 4) is 23.0 Å². The van der Waals surface area contributed by atoms with Gasteiger partial charge in [0.1, 0.15) is 17.1 Å². The number of phenols is 1. The number of benzene rings is 2. The quantitative estimate of drug-likeness (QED) is 0.571. The molecule has 1 aliphatic rings. The Balaban J connectivity index is 1.66.